The Morgan fingerprint density at radius 1 is 0.636 bits per heavy atom. The van der Waals surface area contributed by atoms with E-state index in [1.807, 2.05) is 0 Å². The van der Waals surface area contributed by atoms with E-state index in [0.29, 0.717) is 0 Å². The van der Waals surface area contributed by atoms with Gasteiger partial charge in [-0.3, -0.25) is 0 Å². The van der Waals surface area contributed by atoms with Crippen LogP contribution < -0.4 is 29.6 Å². The summed E-state index contributed by atoms with van der Waals surface area (Å²) < 4.78 is 11.5. The molecule has 0 spiro atoms. The minimum absolute atomic E-state index is 0. The van der Waals surface area contributed by atoms with E-state index in [1.165, 1.54) is 14.8 Å². The van der Waals surface area contributed by atoms with Gasteiger partial charge in [-0.2, -0.15) is 0 Å². The normalized spacial score (nSPS) is 2.00. The van der Waals surface area contributed by atoms with Crippen LogP contribution in [0.15, 0.2) is 26.3 Å². The molecular formula is C9H29NaO. The zero-order valence-electron chi connectivity index (χ0n) is 8.28. The summed E-state index contributed by atoms with van der Waals surface area (Å²) in [5.41, 5.74) is 0. The van der Waals surface area contributed by atoms with Crippen molar-refractivity contribution in [3.63, 3.8) is 0 Å². The molecule has 0 aliphatic rings. The third-order valence-corrected chi connectivity index (χ3v) is 0. The fourth-order valence-corrected chi connectivity index (χ4v) is 0. The van der Waals surface area contributed by atoms with E-state index >= 15 is 0 Å². The summed E-state index contributed by atoms with van der Waals surface area (Å²) in [6, 6.07) is 0. The van der Waals surface area contributed by atoms with Crippen LogP contribution in [0.2, 0.25) is 0 Å². The second-order valence-electron chi connectivity index (χ2n) is 0. The molecule has 0 radical (unpaired) electrons. The van der Waals surface area contributed by atoms with Crippen molar-refractivity contribution in [2.24, 2.45) is 0 Å². The maximum Gasteiger partial charge on any atom is 1.00 e. The molecule has 11 heavy (non-hydrogen) atoms. The van der Waals surface area contributed by atoms with Crippen LogP contribution in [0.3, 0.4) is 0 Å². The summed E-state index contributed by atoms with van der Waals surface area (Å²) in [7, 11) is 2.50. The van der Waals surface area contributed by atoms with Gasteiger partial charge in [0, 0.05) is 2.74 Å². The maximum absolute atomic E-state index is 5.75. The Hall–Kier alpha value is 0.440. The number of rotatable bonds is 0. The molecule has 0 amide bonds. The number of hydrogen-bond donors (Lipinski definition) is 0. The molecular weight excluding hydrogens is 147 g/mol. The smallest absolute Gasteiger partial charge is 0.870 e. The summed E-state index contributed by atoms with van der Waals surface area (Å²) in [6.07, 6.45) is 0. The Morgan fingerprint density at radius 3 is 0.636 bits per heavy atom. The molecule has 0 saturated carbocycles. The molecule has 0 aromatic heterocycles. The first-order valence-corrected chi connectivity index (χ1v) is 1.000. The van der Waals surface area contributed by atoms with Crippen LogP contribution in [0.1, 0.15) is 39.8 Å². The average molecular weight is 178 g/mol. The van der Waals surface area contributed by atoms with Crippen molar-refractivity contribution < 1.29 is 37.8 Å². The molecule has 0 heterocycles. The van der Waals surface area contributed by atoms with E-state index in [4.69, 9.17) is 2.74 Å². The fourth-order valence-electron chi connectivity index (χ4n) is 0. The van der Waals surface area contributed by atoms with Gasteiger partial charge in [-0.15, -0.1) is 26.3 Å². The van der Waals surface area contributed by atoms with Gasteiger partial charge in [-0.1, -0.05) is 37.1 Å². The van der Waals surface area contributed by atoms with Crippen molar-refractivity contribution in [1.82, 2.24) is 0 Å². The van der Waals surface area contributed by atoms with Crippen LogP contribution in [0.25, 0.3) is 0 Å². The molecule has 0 fully saturated rings. The first-order valence-electron chi connectivity index (χ1n) is 3.00. The monoisotopic (exact) mass is 178 g/mol. The Morgan fingerprint density at radius 2 is 0.636 bits per heavy atom. The van der Waals surface area contributed by atoms with E-state index in [0.717, 1.165) is 0 Å². The molecule has 0 saturated heterocycles. The zero-order valence-corrected chi connectivity index (χ0v) is 8.28. The van der Waals surface area contributed by atoms with E-state index < -0.39 is 0 Å². The van der Waals surface area contributed by atoms with Gasteiger partial charge >= 0.3 is 29.6 Å². The molecule has 1 nitrogen and oxygen atoms in total. The van der Waals surface area contributed by atoms with Crippen molar-refractivity contribution >= 4 is 0 Å². The minimum atomic E-state index is 0. The first-order chi connectivity index (χ1) is 4.00. The Kier molecular flexibility index (Phi) is 27600. The van der Waals surface area contributed by atoms with Gasteiger partial charge in [0.05, 0.1) is 0 Å². The van der Waals surface area contributed by atoms with Gasteiger partial charge < -0.3 is 5.48 Å². The van der Waals surface area contributed by atoms with Gasteiger partial charge in [0.2, 0.25) is 0 Å². The average Bonchev–Trinajstić information content (AvgIpc) is 2.03. The summed E-state index contributed by atoms with van der Waals surface area (Å²) in [6.45, 7) is 12.0. The standard InChI is InChI=1S/2C2H4.5CH4.Na.H2O/c2*1-2;;;;;;;/h2*1-2H2;5*1H4;;1H2/q;;;;;;;+1;/p-1/i;;2*1D;;;;;. The second-order valence-corrected chi connectivity index (χ2v) is 0. The molecule has 72 valence electrons. The maximum atomic E-state index is 5.75. The third kappa shape index (κ3) is 3840. The Bertz CT molecular complexity index is 19.6. The predicted octanol–water partition coefficient (Wildman–Crippen LogP) is 1.61. The molecule has 0 aromatic carbocycles. The summed E-state index contributed by atoms with van der Waals surface area (Å²) >= 11 is 0. The van der Waals surface area contributed by atoms with Crippen molar-refractivity contribution in [2.75, 3.05) is 0 Å². The fraction of sp³-hybridized carbons (Fsp3) is 0.556. The van der Waals surface area contributed by atoms with Crippen molar-refractivity contribution in [3.05, 3.63) is 26.3 Å². The molecule has 0 aromatic rings. The van der Waals surface area contributed by atoms with E-state index in [1.54, 1.807) is 0 Å². The molecule has 1 N–H and O–H groups in total. The SMILES string of the molecule is C.C.C.C=C.C=C.[2H]C.[2H]C.[Na+].[OH-]. The topological polar surface area (TPSA) is 30.0 Å². The summed E-state index contributed by atoms with van der Waals surface area (Å²) in [5, 5.41) is 0. The molecule has 0 aliphatic heterocycles. The van der Waals surface area contributed by atoms with Crippen molar-refractivity contribution in [2.45, 2.75) is 37.1 Å². The van der Waals surface area contributed by atoms with Crippen LogP contribution >= 0.6 is 0 Å². The van der Waals surface area contributed by atoms with Crippen LogP contribution in [-0.4, -0.2) is 5.48 Å². The van der Waals surface area contributed by atoms with E-state index in [2.05, 4.69) is 26.3 Å². The summed E-state index contributed by atoms with van der Waals surface area (Å²) in [5.74, 6) is 0. The van der Waals surface area contributed by atoms with Gasteiger partial charge in [0.25, 0.3) is 0 Å². The van der Waals surface area contributed by atoms with Gasteiger partial charge in [-0.05, 0) is 0 Å². The van der Waals surface area contributed by atoms with Crippen LogP contribution in [-0.2, 0) is 0 Å². The van der Waals surface area contributed by atoms with Crippen LogP contribution in [0.5, 0.6) is 0 Å². The number of hydrogen-bond acceptors (Lipinski definition) is 1. The molecule has 0 atom stereocenters. The van der Waals surface area contributed by atoms with Gasteiger partial charge in [-0.25, -0.2) is 0 Å². The largest absolute Gasteiger partial charge is 1.00 e. The second kappa shape index (κ2) is 4810. The Balaban J connectivity index is -0.00000000208. The van der Waals surface area contributed by atoms with Crippen LogP contribution in [0, 0.1) is 0 Å². The van der Waals surface area contributed by atoms with Crippen LogP contribution in [0.4, 0.5) is 0 Å². The van der Waals surface area contributed by atoms with E-state index in [9.17, 15) is 0 Å². The quantitative estimate of drug-likeness (QED) is 0.409. The molecule has 2 heteroatoms. The summed E-state index contributed by atoms with van der Waals surface area (Å²) in [4.78, 5) is 0. The zero-order chi connectivity index (χ0) is 8.00. The molecule has 0 bridgehead atoms. The molecule has 0 rings (SSSR count). The van der Waals surface area contributed by atoms with Crippen molar-refractivity contribution in [3.8, 4) is 0 Å². The van der Waals surface area contributed by atoms with Gasteiger partial charge in [0.1, 0.15) is 0 Å². The van der Waals surface area contributed by atoms with Gasteiger partial charge in [0.15, 0.2) is 0 Å². The molecule has 0 unspecified atom stereocenters. The van der Waals surface area contributed by atoms with Crippen molar-refractivity contribution in [1.29, 1.82) is 0 Å². The first kappa shape index (κ1) is 63.3. The van der Waals surface area contributed by atoms with E-state index in [-0.39, 0.29) is 57.3 Å². The Labute approximate surface area is 101 Å². The molecule has 0 aliphatic carbocycles. The minimum Gasteiger partial charge on any atom is -0.870 e. The predicted molar refractivity (Wildman–Crippen MR) is 58.1 cm³/mol. The third-order valence-electron chi connectivity index (χ3n) is 0.